The number of aliphatic hydroxyl groups is 4. The zero-order valence-electron chi connectivity index (χ0n) is 14.5. The molecule has 0 aliphatic heterocycles. The molecule has 0 atom stereocenters. The van der Waals surface area contributed by atoms with Crippen molar-refractivity contribution in [1.82, 2.24) is 0 Å². The van der Waals surface area contributed by atoms with E-state index in [2.05, 4.69) is 0 Å². The molecule has 0 radical (unpaired) electrons. The molecule has 0 spiro atoms. The lowest BCUT2D eigenvalue weighted by Gasteiger charge is -2.28. The first-order chi connectivity index (χ1) is 11.9. The van der Waals surface area contributed by atoms with Crippen LogP contribution in [0.5, 0.6) is 0 Å². The zero-order chi connectivity index (χ0) is 18.4. The van der Waals surface area contributed by atoms with Gasteiger partial charge in [-0.15, -0.1) is 0 Å². The molecule has 2 rings (SSSR count). The van der Waals surface area contributed by atoms with Crippen molar-refractivity contribution in [2.24, 2.45) is 5.41 Å². The molecule has 25 heavy (non-hydrogen) atoms. The molecule has 0 aromatic heterocycles. The molecule has 0 saturated carbocycles. The molecule has 0 saturated heterocycles. The SMILES string of the molecule is Cc1cccc(C=C(O)C(CO)(CO)C(O)=Cc2cccc(C)c2)c1. The van der Waals surface area contributed by atoms with Crippen LogP contribution in [0, 0.1) is 19.3 Å². The third-order valence-electron chi connectivity index (χ3n) is 4.21. The summed E-state index contributed by atoms with van der Waals surface area (Å²) in [5.41, 5.74) is 1.80. The van der Waals surface area contributed by atoms with Crippen molar-refractivity contribution in [3.05, 3.63) is 82.3 Å². The summed E-state index contributed by atoms with van der Waals surface area (Å²) in [5.74, 6) is -0.603. The van der Waals surface area contributed by atoms with E-state index in [0.29, 0.717) is 11.1 Å². The topological polar surface area (TPSA) is 80.9 Å². The largest absolute Gasteiger partial charge is 0.511 e. The van der Waals surface area contributed by atoms with Crippen molar-refractivity contribution in [3.8, 4) is 0 Å². The predicted octanol–water partition coefficient (Wildman–Crippen LogP) is 3.77. The Morgan fingerprint density at radius 3 is 1.52 bits per heavy atom. The highest BCUT2D eigenvalue weighted by molar-refractivity contribution is 5.59. The number of rotatable bonds is 6. The van der Waals surface area contributed by atoms with Crippen LogP contribution in [0.2, 0.25) is 0 Å². The predicted molar refractivity (Wildman–Crippen MR) is 100 cm³/mol. The van der Waals surface area contributed by atoms with Gasteiger partial charge in [0, 0.05) is 0 Å². The van der Waals surface area contributed by atoms with E-state index < -0.39 is 18.6 Å². The van der Waals surface area contributed by atoms with Gasteiger partial charge in [-0.25, -0.2) is 0 Å². The fraction of sp³-hybridized carbons (Fsp3) is 0.238. The summed E-state index contributed by atoms with van der Waals surface area (Å²) < 4.78 is 0. The van der Waals surface area contributed by atoms with Gasteiger partial charge in [-0.3, -0.25) is 0 Å². The molecule has 0 bridgehead atoms. The van der Waals surface area contributed by atoms with Crippen LogP contribution in [0.25, 0.3) is 12.2 Å². The Balaban J connectivity index is 2.46. The highest BCUT2D eigenvalue weighted by atomic mass is 16.3. The maximum atomic E-state index is 10.5. The van der Waals surface area contributed by atoms with Crippen LogP contribution < -0.4 is 0 Å². The van der Waals surface area contributed by atoms with Crippen LogP contribution in [-0.2, 0) is 0 Å². The average Bonchev–Trinajstić information content (AvgIpc) is 2.56. The Kier molecular flexibility index (Phi) is 6.02. The summed E-state index contributed by atoms with van der Waals surface area (Å²) in [7, 11) is 0. The monoisotopic (exact) mass is 340 g/mol. The first kappa shape index (κ1) is 18.8. The minimum atomic E-state index is -1.66. The van der Waals surface area contributed by atoms with Crippen molar-refractivity contribution < 1.29 is 20.4 Å². The summed E-state index contributed by atoms with van der Waals surface area (Å²) in [6.07, 6.45) is 2.89. The molecule has 0 heterocycles. The molecule has 2 aromatic carbocycles. The van der Waals surface area contributed by atoms with E-state index in [1.807, 2.05) is 50.2 Å². The van der Waals surface area contributed by atoms with Crippen LogP contribution in [0.15, 0.2) is 60.0 Å². The lowest BCUT2D eigenvalue weighted by Crippen LogP contribution is -2.34. The van der Waals surface area contributed by atoms with Gasteiger partial charge in [0.1, 0.15) is 16.9 Å². The van der Waals surface area contributed by atoms with Crippen molar-refractivity contribution >= 4 is 12.2 Å². The van der Waals surface area contributed by atoms with E-state index in [0.717, 1.165) is 11.1 Å². The Morgan fingerprint density at radius 2 is 1.20 bits per heavy atom. The fourth-order valence-corrected chi connectivity index (χ4v) is 2.62. The van der Waals surface area contributed by atoms with Gasteiger partial charge in [0.2, 0.25) is 0 Å². The van der Waals surface area contributed by atoms with Crippen LogP contribution in [0.3, 0.4) is 0 Å². The first-order valence-electron chi connectivity index (χ1n) is 8.08. The summed E-state index contributed by atoms with van der Waals surface area (Å²) in [4.78, 5) is 0. The molecule has 0 aliphatic rings. The molecule has 0 amide bonds. The Bertz CT molecular complexity index is 722. The molecule has 4 nitrogen and oxygen atoms in total. The summed E-state index contributed by atoms with van der Waals surface area (Å²) in [6, 6.07) is 14.8. The average molecular weight is 340 g/mol. The maximum Gasteiger partial charge on any atom is 0.130 e. The second-order valence-electron chi connectivity index (χ2n) is 6.29. The minimum Gasteiger partial charge on any atom is -0.511 e. The van der Waals surface area contributed by atoms with E-state index in [1.165, 1.54) is 12.2 Å². The first-order valence-corrected chi connectivity index (χ1v) is 8.08. The Morgan fingerprint density at radius 1 is 0.800 bits per heavy atom. The number of hydrogen-bond donors (Lipinski definition) is 4. The van der Waals surface area contributed by atoms with E-state index in [9.17, 15) is 20.4 Å². The van der Waals surface area contributed by atoms with Gasteiger partial charge in [-0.1, -0.05) is 59.7 Å². The molecule has 0 unspecified atom stereocenters. The normalized spacial score (nSPS) is 13.1. The number of aliphatic hydroxyl groups excluding tert-OH is 4. The van der Waals surface area contributed by atoms with Gasteiger partial charge in [0.25, 0.3) is 0 Å². The molecule has 132 valence electrons. The van der Waals surface area contributed by atoms with E-state index >= 15 is 0 Å². The number of hydrogen-bond acceptors (Lipinski definition) is 4. The maximum absolute atomic E-state index is 10.5. The van der Waals surface area contributed by atoms with Gasteiger partial charge in [0.15, 0.2) is 0 Å². The fourth-order valence-electron chi connectivity index (χ4n) is 2.62. The van der Waals surface area contributed by atoms with Crippen molar-refractivity contribution in [1.29, 1.82) is 0 Å². The number of benzene rings is 2. The van der Waals surface area contributed by atoms with Crippen LogP contribution in [0.1, 0.15) is 22.3 Å². The molecule has 0 aliphatic carbocycles. The van der Waals surface area contributed by atoms with Crippen molar-refractivity contribution in [2.75, 3.05) is 13.2 Å². The standard InChI is InChI=1S/C21H24O4/c1-15-5-3-7-17(9-15)11-19(24)21(13-22,14-23)20(25)12-18-8-4-6-16(2)10-18/h3-12,22-25H,13-14H2,1-2H3. The van der Waals surface area contributed by atoms with E-state index in [1.54, 1.807) is 12.1 Å². The Hall–Kier alpha value is -2.56. The van der Waals surface area contributed by atoms with Gasteiger partial charge >= 0.3 is 0 Å². The molecular formula is C21H24O4. The van der Waals surface area contributed by atoms with Crippen LogP contribution in [-0.4, -0.2) is 33.6 Å². The van der Waals surface area contributed by atoms with E-state index in [-0.39, 0.29) is 11.5 Å². The molecule has 0 fully saturated rings. The highest BCUT2D eigenvalue weighted by Gasteiger charge is 2.38. The van der Waals surface area contributed by atoms with Gasteiger partial charge in [0.05, 0.1) is 13.2 Å². The smallest absolute Gasteiger partial charge is 0.130 e. The quantitative estimate of drug-likeness (QED) is 0.603. The minimum absolute atomic E-state index is 0.301. The summed E-state index contributed by atoms with van der Waals surface area (Å²) >= 11 is 0. The summed E-state index contributed by atoms with van der Waals surface area (Å²) in [5, 5.41) is 40.7. The van der Waals surface area contributed by atoms with Gasteiger partial charge in [-0.05, 0) is 37.1 Å². The van der Waals surface area contributed by atoms with Crippen molar-refractivity contribution in [3.63, 3.8) is 0 Å². The van der Waals surface area contributed by atoms with Gasteiger partial charge < -0.3 is 20.4 Å². The lowest BCUT2D eigenvalue weighted by molar-refractivity contribution is 0.0487. The third kappa shape index (κ3) is 4.29. The molecule has 4 heteroatoms. The summed E-state index contributed by atoms with van der Waals surface area (Å²) in [6.45, 7) is 2.58. The highest BCUT2D eigenvalue weighted by Crippen LogP contribution is 2.34. The Labute approximate surface area is 148 Å². The zero-order valence-corrected chi connectivity index (χ0v) is 14.5. The molecule has 4 N–H and O–H groups in total. The van der Waals surface area contributed by atoms with Crippen LogP contribution in [0.4, 0.5) is 0 Å². The third-order valence-corrected chi connectivity index (χ3v) is 4.21. The van der Waals surface area contributed by atoms with Gasteiger partial charge in [-0.2, -0.15) is 0 Å². The lowest BCUT2D eigenvalue weighted by atomic mass is 9.83. The van der Waals surface area contributed by atoms with Crippen LogP contribution >= 0.6 is 0 Å². The van der Waals surface area contributed by atoms with E-state index in [4.69, 9.17) is 0 Å². The second kappa shape index (κ2) is 8.01. The van der Waals surface area contributed by atoms with Crippen molar-refractivity contribution in [2.45, 2.75) is 13.8 Å². The molecular weight excluding hydrogens is 316 g/mol. The second-order valence-corrected chi connectivity index (χ2v) is 6.29. The number of aryl methyl sites for hydroxylation is 2. The molecule has 2 aromatic rings.